The van der Waals surface area contributed by atoms with E-state index in [1.807, 2.05) is 0 Å². The van der Waals surface area contributed by atoms with Gasteiger partial charge in [0.2, 0.25) is 0 Å². The second kappa shape index (κ2) is 3.61. The SMILES string of the molecule is O=S(=O)(O)OCc1cccnc1. The lowest BCUT2D eigenvalue weighted by molar-refractivity contribution is 0.259. The monoisotopic (exact) mass is 189 g/mol. The highest BCUT2D eigenvalue weighted by Crippen LogP contribution is 2.00. The molecule has 0 bridgehead atoms. The van der Waals surface area contributed by atoms with Crippen molar-refractivity contribution in [3.05, 3.63) is 30.1 Å². The number of nitrogens with zero attached hydrogens (tertiary/aromatic N) is 1. The minimum Gasteiger partial charge on any atom is -0.264 e. The molecule has 1 heterocycles. The molecule has 0 aliphatic heterocycles. The third kappa shape index (κ3) is 3.42. The van der Waals surface area contributed by atoms with Gasteiger partial charge in [-0.2, -0.15) is 8.42 Å². The smallest absolute Gasteiger partial charge is 0.264 e. The summed E-state index contributed by atoms with van der Waals surface area (Å²) in [6.07, 6.45) is 3.00. The molecule has 0 unspecified atom stereocenters. The van der Waals surface area contributed by atoms with Gasteiger partial charge in [0.25, 0.3) is 0 Å². The highest BCUT2D eigenvalue weighted by molar-refractivity contribution is 7.80. The molecule has 0 aliphatic rings. The molecule has 1 rings (SSSR count). The van der Waals surface area contributed by atoms with Gasteiger partial charge in [0.15, 0.2) is 0 Å². The van der Waals surface area contributed by atoms with Crippen LogP contribution in [0.25, 0.3) is 0 Å². The fraction of sp³-hybridized carbons (Fsp3) is 0.167. The fourth-order valence-electron chi connectivity index (χ4n) is 0.626. The van der Waals surface area contributed by atoms with E-state index in [1.165, 1.54) is 6.20 Å². The Hall–Kier alpha value is -0.980. The molecule has 1 aromatic rings. The first-order valence-corrected chi connectivity index (χ1v) is 4.45. The molecule has 0 amide bonds. The van der Waals surface area contributed by atoms with Crippen LogP contribution in [0.4, 0.5) is 0 Å². The highest BCUT2D eigenvalue weighted by Gasteiger charge is 2.03. The highest BCUT2D eigenvalue weighted by atomic mass is 32.3. The third-order valence-electron chi connectivity index (χ3n) is 1.10. The van der Waals surface area contributed by atoms with Crippen molar-refractivity contribution in [2.45, 2.75) is 6.61 Å². The molecule has 0 saturated carbocycles. The van der Waals surface area contributed by atoms with Crippen molar-refractivity contribution < 1.29 is 17.2 Å². The average molecular weight is 189 g/mol. The first kappa shape index (κ1) is 9.11. The standard InChI is InChI=1S/C6H7NO4S/c8-12(9,10)11-5-6-2-1-3-7-4-6/h1-4H,5H2,(H,8,9,10). The predicted octanol–water partition coefficient (Wildman–Crippen LogP) is 0.401. The lowest BCUT2D eigenvalue weighted by Crippen LogP contribution is -2.03. The molecular weight excluding hydrogens is 182 g/mol. The third-order valence-corrected chi connectivity index (χ3v) is 1.51. The summed E-state index contributed by atoms with van der Waals surface area (Å²) in [6.45, 7) is -0.202. The number of pyridine rings is 1. The summed E-state index contributed by atoms with van der Waals surface area (Å²) in [4.78, 5) is 3.73. The van der Waals surface area contributed by atoms with E-state index in [-0.39, 0.29) is 6.61 Å². The predicted molar refractivity (Wildman–Crippen MR) is 40.6 cm³/mol. The Balaban J connectivity index is 2.56. The van der Waals surface area contributed by atoms with Crippen LogP contribution in [0.1, 0.15) is 5.56 Å². The van der Waals surface area contributed by atoms with E-state index in [4.69, 9.17) is 4.55 Å². The zero-order valence-corrected chi connectivity index (χ0v) is 6.86. The van der Waals surface area contributed by atoms with Crippen LogP contribution in [-0.2, 0) is 21.2 Å². The van der Waals surface area contributed by atoms with Crippen LogP contribution >= 0.6 is 0 Å². The van der Waals surface area contributed by atoms with Gasteiger partial charge in [-0.05, 0) is 11.6 Å². The van der Waals surface area contributed by atoms with Crippen LogP contribution in [0, 0.1) is 0 Å². The molecule has 1 N–H and O–H groups in total. The second-order valence-electron chi connectivity index (χ2n) is 2.05. The minimum atomic E-state index is -4.35. The molecule has 0 atom stereocenters. The van der Waals surface area contributed by atoms with Crippen LogP contribution in [0.5, 0.6) is 0 Å². The van der Waals surface area contributed by atoms with Gasteiger partial charge in [0, 0.05) is 12.4 Å². The Morgan fingerprint density at radius 3 is 2.83 bits per heavy atom. The lowest BCUT2D eigenvalue weighted by atomic mass is 10.3. The molecule has 0 saturated heterocycles. The van der Waals surface area contributed by atoms with Crippen LogP contribution in [-0.4, -0.2) is 18.0 Å². The second-order valence-corrected chi connectivity index (χ2v) is 3.14. The van der Waals surface area contributed by atoms with Crippen molar-refractivity contribution in [2.75, 3.05) is 0 Å². The number of hydrogen-bond acceptors (Lipinski definition) is 4. The van der Waals surface area contributed by atoms with Crippen LogP contribution in [0.3, 0.4) is 0 Å². The molecule has 0 aromatic carbocycles. The summed E-state index contributed by atoms with van der Waals surface area (Å²) in [7, 11) is -4.35. The van der Waals surface area contributed by atoms with Crippen molar-refractivity contribution in [1.29, 1.82) is 0 Å². The van der Waals surface area contributed by atoms with E-state index in [0.717, 1.165) is 0 Å². The van der Waals surface area contributed by atoms with E-state index in [1.54, 1.807) is 18.3 Å². The maximum atomic E-state index is 10.1. The molecular formula is C6H7NO4S. The number of hydrogen-bond donors (Lipinski definition) is 1. The van der Waals surface area contributed by atoms with Gasteiger partial charge in [0.1, 0.15) is 0 Å². The first-order chi connectivity index (χ1) is 5.58. The largest absolute Gasteiger partial charge is 0.397 e. The van der Waals surface area contributed by atoms with Crippen LogP contribution in [0.2, 0.25) is 0 Å². The van der Waals surface area contributed by atoms with Gasteiger partial charge >= 0.3 is 10.4 Å². The maximum Gasteiger partial charge on any atom is 0.397 e. The van der Waals surface area contributed by atoms with Crippen molar-refractivity contribution in [3.63, 3.8) is 0 Å². The minimum absolute atomic E-state index is 0.202. The molecule has 66 valence electrons. The van der Waals surface area contributed by atoms with Gasteiger partial charge in [0.05, 0.1) is 6.61 Å². The van der Waals surface area contributed by atoms with Crippen molar-refractivity contribution in [3.8, 4) is 0 Å². The molecule has 0 radical (unpaired) electrons. The van der Waals surface area contributed by atoms with E-state index in [9.17, 15) is 8.42 Å². The van der Waals surface area contributed by atoms with Gasteiger partial charge in [-0.15, -0.1) is 0 Å². The quantitative estimate of drug-likeness (QED) is 0.696. The molecule has 0 fully saturated rings. The summed E-state index contributed by atoms with van der Waals surface area (Å²) in [5, 5.41) is 0. The Morgan fingerprint density at radius 1 is 1.58 bits per heavy atom. The number of aromatic nitrogens is 1. The Bertz CT molecular complexity index is 334. The molecule has 5 nitrogen and oxygen atoms in total. The van der Waals surface area contributed by atoms with Gasteiger partial charge in [-0.1, -0.05) is 6.07 Å². The van der Waals surface area contributed by atoms with Gasteiger partial charge in [-0.3, -0.25) is 9.54 Å². The molecule has 6 heteroatoms. The summed E-state index contributed by atoms with van der Waals surface area (Å²) in [5.74, 6) is 0. The maximum absolute atomic E-state index is 10.1. The molecule has 0 aliphatic carbocycles. The molecule has 0 spiro atoms. The summed E-state index contributed by atoms with van der Waals surface area (Å²) >= 11 is 0. The van der Waals surface area contributed by atoms with E-state index in [2.05, 4.69) is 9.17 Å². The first-order valence-electron chi connectivity index (χ1n) is 3.09. The van der Waals surface area contributed by atoms with Crippen LogP contribution in [0.15, 0.2) is 24.5 Å². The topological polar surface area (TPSA) is 76.5 Å². The fourth-order valence-corrected chi connectivity index (χ4v) is 0.911. The van der Waals surface area contributed by atoms with E-state index >= 15 is 0 Å². The Morgan fingerprint density at radius 2 is 2.33 bits per heavy atom. The van der Waals surface area contributed by atoms with E-state index < -0.39 is 10.4 Å². The normalized spacial score (nSPS) is 11.4. The number of rotatable bonds is 3. The summed E-state index contributed by atoms with van der Waals surface area (Å²) < 4.78 is 32.5. The van der Waals surface area contributed by atoms with Crippen molar-refractivity contribution in [2.24, 2.45) is 0 Å². The lowest BCUT2D eigenvalue weighted by Gasteiger charge is -1.97. The Kier molecular flexibility index (Phi) is 2.74. The van der Waals surface area contributed by atoms with Gasteiger partial charge in [-0.25, -0.2) is 4.18 Å². The van der Waals surface area contributed by atoms with Crippen molar-refractivity contribution in [1.82, 2.24) is 4.98 Å². The zero-order valence-electron chi connectivity index (χ0n) is 6.04. The zero-order chi connectivity index (χ0) is 9.03. The molecule has 12 heavy (non-hydrogen) atoms. The van der Waals surface area contributed by atoms with Crippen molar-refractivity contribution >= 4 is 10.4 Å². The van der Waals surface area contributed by atoms with Crippen LogP contribution < -0.4 is 0 Å². The summed E-state index contributed by atoms with van der Waals surface area (Å²) in [6, 6.07) is 3.28. The molecule has 1 aromatic heterocycles. The average Bonchev–Trinajstić information content (AvgIpc) is 2.02. The Labute approximate surface area is 70.0 Å². The van der Waals surface area contributed by atoms with E-state index in [0.29, 0.717) is 5.56 Å². The van der Waals surface area contributed by atoms with Gasteiger partial charge < -0.3 is 0 Å². The summed E-state index contributed by atoms with van der Waals surface area (Å²) in [5.41, 5.74) is 0.579.